The molecule has 0 bridgehead atoms. The summed E-state index contributed by atoms with van der Waals surface area (Å²) < 4.78 is 19.6. The van der Waals surface area contributed by atoms with E-state index in [9.17, 15) is 19.1 Å². The van der Waals surface area contributed by atoms with Gasteiger partial charge in [-0.3, -0.25) is 9.59 Å². The van der Waals surface area contributed by atoms with Crippen molar-refractivity contribution in [2.24, 2.45) is 11.8 Å². The van der Waals surface area contributed by atoms with Gasteiger partial charge in [-0.05, 0) is 48.2 Å². The van der Waals surface area contributed by atoms with E-state index in [0.717, 1.165) is 5.56 Å². The van der Waals surface area contributed by atoms with Crippen molar-refractivity contribution in [3.05, 3.63) is 48.3 Å². The third-order valence-corrected chi connectivity index (χ3v) is 4.80. The van der Waals surface area contributed by atoms with Crippen LogP contribution in [-0.2, 0) is 9.59 Å². The number of ether oxygens (including phenoxy) is 1. The van der Waals surface area contributed by atoms with Crippen molar-refractivity contribution in [2.45, 2.75) is 19.3 Å². The topological polar surface area (TPSA) is 75.6 Å². The number of rotatable bonds is 5. The number of carboxylic acid groups (broad SMARTS) is 1. The zero-order valence-electron chi connectivity index (χ0n) is 14.4. The molecular formula is C20H20FNO4. The Hall–Kier alpha value is -2.89. The van der Waals surface area contributed by atoms with Crippen LogP contribution < -0.4 is 10.1 Å². The Morgan fingerprint density at radius 1 is 1.12 bits per heavy atom. The number of halogens is 1. The van der Waals surface area contributed by atoms with Gasteiger partial charge < -0.3 is 15.2 Å². The molecule has 0 aliphatic heterocycles. The van der Waals surface area contributed by atoms with Crippen molar-refractivity contribution in [3.8, 4) is 16.9 Å². The van der Waals surface area contributed by atoms with E-state index in [1.165, 1.54) is 12.1 Å². The standard InChI is InChI=1S/C20H20FNO4/c1-26-14-5-2-4-12(10-14)13-8-9-18(17(21)11-13)22-19(23)15-6-3-7-16(15)20(24)25/h2,4-5,8-11,15-16H,3,6-7H2,1H3,(H,22,23)(H,24,25)/t15-,16+/m0/s1. The molecule has 2 aromatic rings. The molecule has 3 rings (SSSR count). The third-order valence-electron chi connectivity index (χ3n) is 4.80. The van der Waals surface area contributed by atoms with Crippen molar-refractivity contribution in [3.63, 3.8) is 0 Å². The Bertz CT molecular complexity index is 836. The highest BCUT2D eigenvalue weighted by Crippen LogP contribution is 2.33. The number of carboxylic acids is 1. The van der Waals surface area contributed by atoms with Crippen LogP contribution in [0.25, 0.3) is 11.1 Å². The maximum atomic E-state index is 14.5. The predicted molar refractivity (Wildman–Crippen MR) is 95.5 cm³/mol. The van der Waals surface area contributed by atoms with Gasteiger partial charge in [0.25, 0.3) is 0 Å². The lowest BCUT2D eigenvalue weighted by atomic mass is 9.95. The van der Waals surface area contributed by atoms with Gasteiger partial charge in [0.1, 0.15) is 11.6 Å². The number of aliphatic carboxylic acids is 1. The molecule has 26 heavy (non-hydrogen) atoms. The van der Waals surface area contributed by atoms with Crippen LogP contribution in [0.3, 0.4) is 0 Å². The molecule has 6 heteroatoms. The van der Waals surface area contributed by atoms with Gasteiger partial charge in [-0.1, -0.05) is 24.6 Å². The number of benzene rings is 2. The molecule has 0 aromatic heterocycles. The molecule has 1 aliphatic rings. The van der Waals surface area contributed by atoms with Crippen LogP contribution in [0.2, 0.25) is 0 Å². The van der Waals surface area contributed by atoms with E-state index < -0.39 is 29.5 Å². The minimum atomic E-state index is -0.975. The number of hydrogen-bond donors (Lipinski definition) is 2. The van der Waals surface area contributed by atoms with Crippen molar-refractivity contribution in [1.29, 1.82) is 0 Å². The molecule has 5 nitrogen and oxygen atoms in total. The maximum Gasteiger partial charge on any atom is 0.307 e. The number of anilines is 1. The fraction of sp³-hybridized carbons (Fsp3) is 0.300. The van der Waals surface area contributed by atoms with Gasteiger partial charge >= 0.3 is 5.97 Å². The van der Waals surface area contributed by atoms with Crippen LogP contribution in [0, 0.1) is 17.7 Å². The lowest BCUT2D eigenvalue weighted by Gasteiger charge is -2.16. The highest BCUT2D eigenvalue weighted by Gasteiger charge is 2.37. The van der Waals surface area contributed by atoms with Gasteiger partial charge in [-0.15, -0.1) is 0 Å². The molecule has 0 heterocycles. The van der Waals surface area contributed by atoms with Gasteiger partial charge in [0, 0.05) is 0 Å². The van der Waals surface area contributed by atoms with Crippen LogP contribution in [-0.4, -0.2) is 24.1 Å². The number of hydrogen-bond acceptors (Lipinski definition) is 3. The molecule has 1 amide bonds. The third kappa shape index (κ3) is 3.69. The summed E-state index contributed by atoms with van der Waals surface area (Å²) in [4.78, 5) is 23.6. The number of nitrogens with one attached hydrogen (secondary N) is 1. The lowest BCUT2D eigenvalue weighted by molar-refractivity contribution is -0.145. The first-order valence-corrected chi connectivity index (χ1v) is 8.47. The highest BCUT2D eigenvalue weighted by atomic mass is 19.1. The Kier molecular flexibility index (Phi) is 5.21. The molecule has 1 aliphatic carbocycles. The average molecular weight is 357 g/mol. The number of amides is 1. The normalized spacial score (nSPS) is 19.2. The van der Waals surface area contributed by atoms with Crippen molar-refractivity contribution >= 4 is 17.6 Å². The summed E-state index contributed by atoms with van der Waals surface area (Å²) >= 11 is 0. The smallest absolute Gasteiger partial charge is 0.307 e. The zero-order chi connectivity index (χ0) is 18.7. The molecule has 1 saturated carbocycles. The summed E-state index contributed by atoms with van der Waals surface area (Å²) in [6.45, 7) is 0. The second-order valence-electron chi connectivity index (χ2n) is 6.40. The van der Waals surface area contributed by atoms with Crippen LogP contribution >= 0.6 is 0 Å². The Balaban J connectivity index is 1.77. The Morgan fingerprint density at radius 3 is 2.54 bits per heavy atom. The van der Waals surface area contributed by atoms with Crippen molar-refractivity contribution in [1.82, 2.24) is 0 Å². The fourth-order valence-corrected chi connectivity index (χ4v) is 3.39. The Labute approximate surface area is 150 Å². The summed E-state index contributed by atoms with van der Waals surface area (Å²) in [6.07, 6.45) is 1.67. The van der Waals surface area contributed by atoms with E-state index in [1.54, 1.807) is 25.3 Å². The monoisotopic (exact) mass is 357 g/mol. The molecule has 136 valence electrons. The quantitative estimate of drug-likeness (QED) is 0.850. The molecule has 2 atom stereocenters. The minimum Gasteiger partial charge on any atom is -0.497 e. The van der Waals surface area contributed by atoms with Gasteiger partial charge in [-0.25, -0.2) is 4.39 Å². The Morgan fingerprint density at radius 2 is 1.85 bits per heavy atom. The number of methoxy groups -OCH3 is 1. The molecule has 2 N–H and O–H groups in total. The SMILES string of the molecule is COc1cccc(-c2ccc(NC(=O)[C@H]3CCC[C@H]3C(=O)O)c(F)c2)c1. The molecule has 1 fully saturated rings. The van der Waals surface area contributed by atoms with E-state index >= 15 is 0 Å². The summed E-state index contributed by atoms with van der Waals surface area (Å²) in [7, 11) is 1.56. The molecule has 0 radical (unpaired) electrons. The molecule has 0 saturated heterocycles. The highest BCUT2D eigenvalue weighted by molar-refractivity contribution is 5.95. The molecule has 0 unspecified atom stereocenters. The summed E-state index contributed by atoms with van der Waals surface area (Å²) in [5.74, 6) is -2.64. The second kappa shape index (κ2) is 7.56. The largest absolute Gasteiger partial charge is 0.497 e. The second-order valence-corrected chi connectivity index (χ2v) is 6.40. The lowest BCUT2D eigenvalue weighted by Crippen LogP contribution is -2.30. The summed E-state index contributed by atoms with van der Waals surface area (Å²) in [5, 5.41) is 11.7. The fourth-order valence-electron chi connectivity index (χ4n) is 3.39. The first-order chi connectivity index (χ1) is 12.5. The number of carbonyl (C=O) groups excluding carboxylic acids is 1. The van der Waals surface area contributed by atoms with Gasteiger partial charge in [0.05, 0.1) is 24.6 Å². The van der Waals surface area contributed by atoms with E-state index in [0.29, 0.717) is 30.6 Å². The van der Waals surface area contributed by atoms with Crippen molar-refractivity contribution < 1.29 is 23.8 Å². The van der Waals surface area contributed by atoms with Crippen LogP contribution in [0.5, 0.6) is 5.75 Å². The van der Waals surface area contributed by atoms with Crippen molar-refractivity contribution in [2.75, 3.05) is 12.4 Å². The van der Waals surface area contributed by atoms with E-state index in [2.05, 4.69) is 5.32 Å². The average Bonchev–Trinajstić information content (AvgIpc) is 3.13. The van der Waals surface area contributed by atoms with E-state index in [4.69, 9.17) is 4.74 Å². The first-order valence-electron chi connectivity index (χ1n) is 8.47. The summed E-state index contributed by atoms with van der Waals surface area (Å²) in [6, 6.07) is 11.8. The van der Waals surface area contributed by atoms with Gasteiger partial charge in [0.15, 0.2) is 0 Å². The van der Waals surface area contributed by atoms with Gasteiger partial charge in [-0.2, -0.15) is 0 Å². The maximum absolute atomic E-state index is 14.5. The van der Waals surface area contributed by atoms with Crippen LogP contribution in [0.4, 0.5) is 10.1 Å². The number of carbonyl (C=O) groups is 2. The van der Waals surface area contributed by atoms with Crippen LogP contribution in [0.15, 0.2) is 42.5 Å². The minimum absolute atomic E-state index is 0.0534. The molecular weight excluding hydrogens is 337 g/mol. The zero-order valence-corrected chi connectivity index (χ0v) is 14.4. The predicted octanol–water partition coefficient (Wildman–Crippen LogP) is 3.94. The molecule has 0 spiro atoms. The summed E-state index contributed by atoms with van der Waals surface area (Å²) in [5.41, 5.74) is 1.50. The van der Waals surface area contributed by atoms with E-state index in [1.807, 2.05) is 12.1 Å². The first kappa shape index (κ1) is 17.9. The van der Waals surface area contributed by atoms with Gasteiger partial charge in [0.2, 0.25) is 5.91 Å². The molecule has 2 aromatic carbocycles. The van der Waals surface area contributed by atoms with Crippen LogP contribution in [0.1, 0.15) is 19.3 Å². The van der Waals surface area contributed by atoms with E-state index in [-0.39, 0.29) is 5.69 Å².